The molecule has 0 radical (unpaired) electrons. The second-order valence-electron chi connectivity index (χ2n) is 6.67. The van der Waals surface area contributed by atoms with E-state index in [2.05, 4.69) is 25.8 Å². The number of rotatable bonds is 5. The summed E-state index contributed by atoms with van der Waals surface area (Å²) >= 11 is 0. The highest BCUT2D eigenvalue weighted by molar-refractivity contribution is 5.96. The Balaban J connectivity index is 1.55. The molecule has 0 saturated heterocycles. The van der Waals surface area contributed by atoms with E-state index in [4.69, 9.17) is 4.84 Å². The Morgan fingerprint density at radius 2 is 2.29 bits per heavy atom. The average molecular weight is 380 g/mol. The summed E-state index contributed by atoms with van der Waals surface area (Å²) in [7, 11) is 0. The normalized spacial score (nSPS) is 16.1. The van der Waals surface area contributed by atoms with E-state index in [-0.39, 0.29) is 12.0 Å². The van der Waals surface area contributed by atoms with Crippen LogP contribution in [0.4, 0.5) is 0 Å². The minimum Gasteiger partial charge on any atom is -0.390 e. The van der Waals surface area contributed by atoms with Crippen molar-refractivity contribution in [2.24, 2.45) is 5.16 Å². The molecule has 0 fully saturated rings. The number of aromatic amines is 1. The summed E-state index contributed by atoms with van der Waals surface area (Å²) in [5.41, 5.74) is 3.94. The quantitative estimate of drug-likeness (QED) is 0.699. The molecule has 0 aliphatic carbocycles. The van der Waals surface area contributed by atoms with Crippen molar-refractivity contribution in [3.63, 3.8) is 0 Å². The molecule has 1 aromatic carbocycles. The van der Waals surface area contributed by atoms with E-state index in [0.29, 0.717) is 23.3 Å². The van der Waals surface area contributed by atoms with Crippen LogP contribution < -0.4 is 11.0 Å². The van der Waals surface area contributed by atoms with Crippen LogP contribution in [0.15, 0.2) is 40.4 Å². The van der Waals surface area contributed by atoms with E-state index in [0.717, 1.165) is 29.7 Å². The van der Waals surface area contributed by atoms with E-state index in [9.17, 15) is 9.59 Å². The molecule has 0 bridgehead atoms. The maximum Gasteiger partial charge on any atom is 0.363 e. The average Bonchev–Trinajstić information content (AvgIpc) is 3.30. The van der Waals surface area contributed by atoms with Gasteiger partial charge in [-0.2, -0.15) is 14.7 Å². The van der Waals surface area contributed by atoms with Crippen molar-refractivity contribution in [3.8, 4) is 11.1 Å². The van der Waals surface area contributed by atoms with Crippen LogP contribution in [0.5, 0.6) is 0 Å². The molecule has 3 aromatic rings. The van der Waals surface area contributed by atoms with E-state index in [1.165, 1.54) is 4.52 Å². The van der Waals surface area contributed by atoms with E-state index < -0.39 is 5.69 Å². The van der Waals surface area contributed by atoms with Crippen LogP contribution in [0, 0.1) is 6.92 Å². The van der Waals surface area contributed by atoms with Crippen molar-refractivity contribution in [2.45, 2.75) is 32.8 Å². The molecule has 2 N–H and O–H groups in total. The lowest BCUT2D eigenvalue weighted by atomic mass is 10.0. The fourth-order valence-corrected chi connectivity index (χ4v) is 3.30. The standard InChI is InChI=1S/C19H20N6O3/c1-3-14-8-15(28-24-14)9-20-18(26)13-6-4-5-12(7-13)17-11(2)23-25-16(17)10-21-22-19(25)27/h4-7,10,15H,3,8-9H2,1-2H3,(H,20,26)(H,22,27)/t15-/m0/s1. The van der Waals surface area contributed by atoms with Crippen LogP contribution in [-0.4, -0.2) is 44.1 Å². The van der Waals surface area contributed by atoms with Crippen LogP contribution in [0.2, 0.25) is 0 Å². The third-order valence-corrected chi connectivity index (χ3v) is 4.74. The largest absolute Gasteiger partial charge is 0.390 e. The lowest BCUT2D eigenvalue weighted by Gasteiger charge is -2.10. The highest BCUT2D eigenvalue weighted by atomic mass is 16.6. The van der Waals surface area contributed by atoms with Gasteiger partial charge in [-0.3, -0.25) is 4.79 Å². The van der Waals surface area contributed by atoms with Gasteiger partial charge in [0.15, 0.2) is 0 Å². The summed E-state index contributed by atoms with van der Waals surface area (Å²) in [6.07, 6.45) is 3.01. The molecule has 1 amide bonds. The lowest BCUT2D eigenvalue weighted by molar-refractivity contribution is 0.0753. The number of benzene rings is 1. The van der Waals surface area contributed by atoms with E-state index >= 15 is 0 Å². The number of hydrogen-bond donors (Lipinski definition) is 2. The molecular weight excluding hydrogens is 360 g/mol. The molecule has 4 rings (SSSR count). The van der Waals surface area contributed by atoms with Crippen molar-refractivity contribution in [3.05, 3.63) is 52.2 Å². The first-order valence-electron chi connectivity index (χ1n) is 9.10. The summed E-state index contributed by atoms with van der Waals surface area (Å²) in [5, 5.41) is 17.4. The van der Waals surface area contributed by atoms with Gasteiger partial charge in [0, 0.05) is 17.5 Å². The van der Waals surface area contributed by atoms with Crippen molar-refractivity contribution in [1.29, 1.82) is 0 Å². The molecule has 0 spiro atoms. The fraction of sp³-hybridized carbons (Fsp3) is 0.316. The second kappa shape index (κ2) is 7.26. The number of carbonyl (C=O) groups excluding carboxylic acids is 1. The highest BCUT2D eigenvalue weighted by Gasteiger charge is 2.21. The molecule has 9 heteroatoms. The van der Waals surface area contributed by atoms with Gasteiger partial charge in [-0.05, 0) is 31.0 Å². The Labute approximate surface area is 160 Å². The number of aryl methyl sites for hydroxylation is 1. The number of nitrogens with zero attached hydrogens (tertiary/aromatic N) is 4. The lowest BCUT2D eigenvalue weighted by Crippen LogP contribution is -2.32. The van der Waals surface area contributed by atoms with Crippen molar-refractivity contribution in [2.75, 3.05) is 6.54 Å². The molecule has 3 heterocycles. The van der Waals surface area contributed by atoms with Gasteiger partial charge >= 0.3 is 5.69 Å². The van der Waals surface area contributed by atoms with Gasteiger partial charge in [0.1, 0.15) is 11.6 Å². The third kappa shape index (κ3) is 3.26. The summed E-state index contributed by atoms with van der Waals surface area (Å²) in [6, 6.07) is 7.21. The Morgan fingerprint density at radius 3 is 3.07 bits per heavy atom. The minimum atomic E-state index is -0.411. The van der Waals surface area contributed by atoms with Gasteiger partial charge in [0.05, 0.1) is 24.1 Å². The summed E-state index contributed by atoms with van der Waals surface area (Å²) in [6.45, 7) is 4.24. The third-order valence-electron chi connectivity index (χ3n) is 4.74. The first-order chi connectivity index (χ1) is 13.6. The highest BCUT2D eigenvalue weighted by Crippen LogP contribution is 2.27. The number of H-pyrrole nitrogens is 1. The predicted octanol–water partition coefficient (Wildman–Crippen LogP) is 1.68. The molecule has 1 aliphatic heterocycles. The molecule has 1 atom stereocenters. The molecule has 2 aromatic heterocycles. The zero-order valence-electron chi connectivity index (χ0n) is 15.6. The van der Waals surface area contributed by atoms with Crippen molar-refractivity contribution in [1.82, 2.24) is 25.1 Å². The summed E-state index contributed by atoms with van der Waals surface area (Å²) in [4.78, 5) is 29.8. The summed E-state index contributed by atoms with van der Waals surface area (Å²) < 4.78 is 1.27. The number of amides is 1. The zero-order chi connectivity index (χ0) is 19.7. The molecule has 1 aliphatic rings. The van der Waals surface area contributed by atoms with E-state index in [1.54, 1.807) is 24.4 Å². The number of aromatic nitrogens is 4. The zero-order valence-corrected chi connectivity index (χ0v) is 15.6. The van der Waals surface area contributed by atoms with Crippen LogP contribution >= 0.6 is 0 Å². The molecule has 9 nitrogen and oxygen atoms in total. The van der Waals surface area contributed by atoms with Crippen LogP contribution in [0.1, 0.15) is 35.8 Å². The van der Waals surface area contributed by atoms with Crippen molar-refractivity contribution < 1.29 is 9.63 Å². The van der Waals surface area contributed by atoms with Gasteiger partial charge in [-0.25, -0.2) is 9.89 Å². The second-order valence-corrected chi connectivity index (χ2v) is 6.67. The maximum atomic E-state index is 12.6. The van der Waals surface area contributed by atoms with Crippen LogP contribution in [-0.2, 0) is 4.84 Å². The number of carbonyl (C=O) groups is 1. The molecule has 28 heavy (non-hydrogen) atoms. The number of oxime groups is 1. The first kappa shape index (κ1) is 17.9. The smallest absolute Gasteiger partial charge is 0.363 e. The Hall–Kier alpha value is -3.49. The molecule has 144 valence electrons. The topological polar surface area (TPSA) is 114 Å². The Bertz CT molecular complexity index is 1130. The SMILES string of the molecule is CCC1=NO[C@H](CNC(=O)c2cccc(-c3c(C)nn4c(=O)[nH]ncc34)c2)C1. The number of fused-ring (bicyclic) bond motifs is 1. The summed E-state index contributed by atoms with van der Waals surface area (Å²) in [5.74, 6) is -0.194. The van der Waals surface area contributed by atoms with Crippen molar-refractivity contribution >= 4 is 17.1 Å². The number of hydrogen-bond acceptors (Lipinski definition) is 6. The van der Waals surface area contributed by atoms with Gasteiger partial charge in [-0.15, -0.1) is 0 Å². The van der Waals surface area contributed by atoms with Gasteiger partial charge in [0.25, 0.3) is 5.91 Å². The Morgan fingerprint density at radius 1 is 1.43 bits per heavy atom. The molecule has 0 unspecified atom stereocenters. The molecular formula is C19H20N6O3. The maximum absolute atomic E-state index is 12.6. The Kier molecular flexibility index (Phi) is 4.64. The number of nitrogens with one attached hydrogen (secondary N) is 2. The molecule has 0 saturated carbocycles. The van der Waals surface area contributed by atoms with Gasteiger partial charge in [-0.1, -0.05) is 24.2 Å². The van der Waals surface area contributed by atoms with Gasteiger partial charge in [0.2, 0.25) is 0 Å². The predicted molar refractivity (Wildman–Crippen MR) is 103 cm³/mol. The van der Waals surface area contributed by atoms with Crippen LogP contribution in [0.25, 0.3) is 16.6 Å². The van der Waals surface area contributed by atoms with Gasteiger partial charge < -0.3 is 10.2 Å². The minimum absolute atomic E-state index is 0.123. The van der Waals surface area contributed by atoms with Crippen LogP contribution in [0.3, 0.4) is 0 Å². The fourth-order valence-electron chi connectivity index (χ4n) is 3.30. The monoisotopic (exact) mass is 380 g/mol. The van der Waals surface area contributed by atoms with E-state index in [1.807, 2.05) is 19.9 Å². The first-order valence-corrected chi connectivity index (χ1v) is 9.10.